The molecule has 1 atom stereocenters. The first-order valence-electron chi connectivity index (χ1n) is 7.65. The molecule has 1 unspecified atom stereocenters. The number of nitrogens with one attached hydrogen (secondary N) is 2. The number of aliphatic hydroxyl groups is 1. The Morgan fingerprint density at radius 3 is 2.50 bits per heavy atom. The zero-order chi connectivity index (χ0) is 17.9. The zero-order valence-electron chi connectivity index (χ0n) is 14.3. The van der Waals surface area contributed by atoms with Crippen LogP contribution in [0.3, 0.4) is 0 Å². The number of anilines is 1. The van der Waals surface area contributed by atoms with Crippen molar-refractivity contribution in [2.75, 3.05) is 11.9 Å². The molecule has 6 nitrogen and oxygen atoms in total. The molecule has 1 heterocycles. The van der Waals surface area contributed by atoms with Gasteiger partial charge in [0.1, 0.15) is 17.1 Å². The molecule has 6 heteroatoms. The molecule has 0 saturated carbocycles. The maximum Gasteiger partial charge on any atom is 0.251 e. The minimum absolute atomic E-state index is 0.00212. The molecule has 0 spiro atoms. The summed E-state index contributed by atoms with van der Waals surface area (Å²) in [5, 5.41) is 15.8. The number of hydrogen-bond acceptors (Lipinski definition) is 4. The Balaban J connectivity index is 2.08. The second-order valence-electron chi connectivity index (χ2n) is 6.08. The molecule has 0 saturated heterocycles. The van der Waals surface area contributed by atoms with Crippen LogP contribution in [-0.4, -0.2) is 23.5 Å². The minimum Gasteiger partial charge on any atom is -0.463 e. The van der Waals surface area contributed by atoms with Gasteiger partial charge < -0.3 is 20.2 Å². The molecule has 1 aromatic heterocycles. The lowest BCUT2D eigenvalue weighted by molar-refractivity contribution is -0.114. The number of carbonyl (C=O) groups excluding carboxylic acids is 2. The molecule has 2 aromatic rings. The molecular weight excluding hydrogens is 308 g/mol. The van der Waals surface area contributed by atoms with Crippen LogP contribution in [0.15, 0.2) is 34.7 Å². The van der Waals surface area contributed by atoms with Gasteiger partial charge in [-0.15, -0.1) is 0 Å². The van der Waals surface area contributed by atoms with Crippen molar-refractivity contribution in [1.82, 2.24) is 5.32 Å². The lowest BCUT2D eigenvalue weighted by Crippen LogP contribution is -2.38. The predicted octanol–water partition coefficient (Wildman–Crippen LogP) is 2.49. The summed E-state index contributed by atoms with van der Waals surface area (Å²) in [4.78, 5) is 23.5. The van der Waals surface area contributed by atoms with E-state index in [2.05, 4.69) is 10.6 Å². The third-order valence-corrected chi connectivity index (χ3v) is 3.67. The van der Waals surface area contributed by atoms with Gasteiger partial charge in [0.15, 0.2) is 0 Å². The number of rotatable bonds is 5. The fraction of sp³-hybridized carbons (Fsp3) is 0.333. The molecule has 0 fully saturated rings. The highest BCUT2D eigenvalue weighted by molar-refractivity contribution is 5.97. The van der Waals surface area contributed by atoms with Gasteiger partial charge >= 0.3 is 0 Å². The highest BCUT2D eigenvalue weighted by Gasteiger charge is 2.27. The average Bonchev–Trinajstić information content (AvgIpc) is 2.94. The normalized spacial score (nSPS) is 13.2. The number of amides is 2. The van der Waals surface area contributed by atoms with Crippen LogP contribution in [0.2, 0.25) is 0 Å². The largest absolute Gasteiger partial charge is 0.463 e. The quantitative estimate of drug-likeness (QED) is 0.785. The lowest BCUT2D eigenvalue weighted by Gasteiger charge is -2.21. The fourth-order valence-electron chi connectivity index (χ4n) is 2.25. The maximum atomic E-state index is 12.3. The molecule has 3 N–H and O–H groups in total. The Morgan fingerprint density at radius 1 is 1.21 bits per heavy atom. The van der Waals surface area contributed by atoms with Gasteiger partial charge in [-0.1, -0.05) is 6.07 Å². The second kappa shape index (κ2) is 6.88. The fourth-order valence-corrected chi connectivity index (χ4v) is 2.25. The van der Waals surface area contributed by atoms with Crippen LogP contribution in [0.5, 0.6) is 0 Å². The maximum absolute atomic E-state index is 12.3. The summed E-state index contributed by atoms with van der Waals surface area (Å²) in [5.41, 5.74) is 0.536. The molecular formula is C18H22N2O4. The van der Waals surface area contributed by atoms with Gasteiger partial charge in [-0.05, 0) is 50.6 Å². The van der Waals surface area contributed by atoms with Crippen LogP contribution in [0.4, 0.5) is 5.69 Å². The van der Waals surface area contributed by atoms with Crippen molar-refractivity contribution < 1.29 is 19.1 Å². The second-order valence-corrected chi connectivity index (χ2v) is 6.08. The van der Waals surface area contributed by atoms with Gasteiger partial charge in [-0.3, -0.25) is 9.59 Å². The molecule has 0 radical (unpaired) electrons. The number of aryl methyl sites for hydroxylation is 2. The zero-order valence-corrected chi connectivity index (χ0v) is 14.3. The van der Waals surface area contributed by atoms with Crippen LogP contribution < -0.4 is 10.6 Å². The number of hydrogen-bond donors (Lipinski definition) is 3. The summed E-state index contributed by atoms with van der Waals surface area (Å²) in [6, 6.07) is 8.47. The van der Waals surface area contributed by atoms with Crippen LogP contribution in [0.25, 0.3) is 0 Å². The van der Waals surface area contributed by atoms with Gasteiger partial charge in [0.05, 0.1) is 6.54 Å². The molecule has 2 rings (SSSR count). The summed E-state index contributed by atoms with van der Waals surface area (Å²) in [7, 11) is 0. The first-order chi connectivity index (χ1) is 11.2. The third kappa shape index (κ3) is 4.23. The van der Waals surface area contributed by atoms with E-state index in [9.17, 15) is 14.7 Å². The van der Waals surface area contributed by atoms with Crippen molar-refractivity contribution >= 4 is 17.5 Å². The Labute approximate surface area is 140 Å². The van der Waals surface area contributed by atoms with Crippen molar-refractivity contribution in [3.05, 3.63) is 53.0 Å². The van der Waals surface area contributed by atoms with Crippen molar-refractivity contribution in [2.45, 2.75) is 33.3 Å². The van der Waals surface area contributed by atoms with E-state index in [0.29, 0.717) is 22.8 Å². The first-order valence-corrected chi connectivity index (χ1v) is 7.65. The van der Waals surface area contributed by atoms with E-state index >= 15 is 0 Å². The van der Waals surface area contributed by atoms with E-state index in [4.69, 9.17) is 4.42 Å². The van der Waals surface area contributed by atoms with E-state index in [1.165, 1.54) is 6.92 Å². The van der Waals surface area contributed by atoms with E-state index in [-0.39, 0.29) is 18.4 Å². The lowest BCUT2D eigenvalue weighted by atomic mass is 10.0. The monoisotopic (exact) mass is 330 g/mol. The smallest absolute Gasteiger partial charge is 0.251 e. The molecule has 2 amide bonds. The summed E-state index contributed by atoms with van der Waals surface area (Å²) >= 11 is 0. The average molecular weight is 330 g/mol. The third-order valence-electron chi connectivity index (χ3n) is 3.67. The molecule has 0 aliphatic carbocycles. The van der Waals surface area contributed by atoms with Gasteiger partial charge in [0.25, 0.3) is 5.91 Å². The molecule has 0 aliphatic heterocycles. The van der Waals surface area contributed by atoms with Gasteiger partial charge in [0, 0.05) is 18.2 Å². The summed E-state index contributed by atoms with van der Waals surface area (Å²) in [5.74, 6) is 0.537. The Hall–Kier alpha value is -2.60. The van der Waals surface area contributed by atoms with Crippen LogP contribution in [-0.2, 0) is 10.4 Å². The summed E-state index contributed by atoms with van der Waals surface area (Å²) in [6.45, 7) is 6.62. The standard InChI is InChI=1S/C18H22N2O4/c1-11-5-7-14(9-15(11)20-13(3)21)17(22)19-10-18(4,23)16-8-6-12(2)24-16/h5-9,23H,10H2,1-4H3,(H,19,22)(H,20,21). The van der Waals surface area contributed by atoms with E-state index in [1.54, 1.807) is 44.2 Å². The van der Waals surface area contributed by atoms with Crippen molar-refractivity contribution in [3.8, 4) is 0 Å². The topological polar surface area (TPSA) is 91.6 Å². The molecule has 1 aromatic carbocycles. The SMILES string of the molecule is CC(=O)Nc1cc(C(=O)NCC(C)(O)c2ccc(C)o2)ccc1C. The Bertz CT molecular complexity index is 762. The van der Waals surface area contributed by atoms with E-state index in [0.717, 1.165) is 5.56 Å². The highest BCUT2D eigenvalue weighted by atomic mass is 16.4. The predicted molar refractivity (Wildman–Crippen MR) is 90.8 cm³/mol. The van der Waals surface area contributed by atoms with E-state index < -0.39 is 5.60 Å². The van der Waals surface area contributed by atoms with E-state index in [1.807, 2.05) is 6.92 Å². The van der Waals surface area contributed by atoms with Gasteiger partial charge in [-0.25, -0.2) is 0 Å². The summed E-state index contributed by atoms with van der Waals surface area (Å²) < 4.78 is 5.42. The molecule has 24 heavy (non-hydrogen) atoms. The minimum atomic E-state index is -1.31. The van der Waals surface area contributed by atoms with Crippen LogP contribution in [0.1, 0.15) is 41.3 Å². The molecule has 0 bridgehead atoms. The number of benzene rings is 1. The van der Waals surface area contributed by atoms with Gasteiger partial charge in [0.2, 0.25) is 5.91 Å². The van der Waals surface area contributed by atoms with Gasteiger partial charge in [-0.2, -0.15) is 0 Å². The number of carbonyl (C=O) groups is 2. The molecule has 128 valence electrons. The van der Waals surface area contributed by atoms with Crippen molar-refractivity contribution in [2.24, 2.45) is 0 Å². The highest BCUT2D eigenvalue weighted by Crippen LogP contribution is 2.22. The number of furan rings is 1. The first kappa shape index (κ1) is 17.7. The molecule has 0 aliphatic rings. The summed E-state index contributed by atoms with van der Waals surface area (Å²) in [6.07, 6.45) is 0. The Morgan fingerprint density at radius 2 is 1.92 bits per heavy atom. The van der Waals surface area contributed by atoms with Crippen LogP contribution >= 0.6 is 0 Å². The Kier molecular flexibility index (Phi) is 5.09. The van der Waals surface area contributed by atoms with Crippen molar-refractivity contribution in [3.63, 3.8) is 0 Å². The van der Waals surface area contributed by atoms with Crippen molar-refractivity contribution in [1.29, 1.82) is 0 Å². The van der Waals surface area contributed by atoms with Crippen LogP contribution in [0, 0.1) is 13.8 Å².